The van der Waals surface area contributed by atoms with Gasteiger partial charge in [-0.3, -0.25) is 4.79 Å². The number of nitrogens with zero attached hydrogens (tertiary/aromatic N) is 1. The van der Waals surface area contributed by atoms with E-state index in [0.29, 0.717) is 5.32 Å². The Bertz CT molecular complexity index is 1230. The molecule has 0 aliphatic rings. The van der Waals surface area contributed by atoms with Crippen LogP contribution in [0.1, 0.15) is 20.3 Å². The number of esters is 1. The molecule has 0 rings (SSSR count). The van der Waals surface area contributed by atoms with Crippen molar-refractivity contribution in [2.45, 2.75) is 91.8 Å². The quantitative estimate of drug-likeness (QED) is 0.0722. The van der Waals surface area contributed by atoms with Crippen molar-refractivity contribution in [3.63, 3.8) is 0 Å². The van der Waals surface area contributed by atoms with E-state index in [1.165, 1.54) is 27.9 Å². The van der Waals surface area contributed by atoms with Crippen LogP contribution in [0.2, 0.25) is 0 Å². The molecule has 0 bridgehead atoms. The molecule has 0 radical (unpaired) electrons. The third-order valence-electron chi connectivity index (χ3n) is 6.34. The number of hydrogen-bond acceptors (Lipinski definition) is 3. The van der Waals surface area contributed by atoms with E-state index in [2.05, 4.69) is 0 Å². The van der Waals surface area contributed by atoms with Gasteiger partial charge in [0.1, 0.15) is 0 Å². The average molecular weight is 799 g/mol. The van der Waals surface area contributed by atoms with Gasteiger partial charge in [0, 0.05) is 13.0 Å². The smallest absolute Gasteiger partial charge is 0.459 e. The molecule has 0 aromatic carbocycles. The molecule has 50 heavy (non-hydrogen) atoms. The minimum absolute atomic E-state index is 0.405. The largest absolute Gasteiger partial charge is 0.460 e. The topological polar surface area (TPSA) is 55.4 Å². The molecule has 28 heteroatoms. The first-order valence-corrected chi connectivity index (χ1v) is 12.6. The van der Waals surface area contributed by atoms with Crippen molar-refractivity contribution < 1.29 is 120 Å². The van der Waals surface area contributed by atoms with E-state index < -0.39 is 114 Å². The second-order valence-electron chi connectivity index (χ2n) is 11.2. The van der Waals surface area contributed by atoms with E-state index in [4.69, 9.17) is 4.74 Å². The van der Waals surface area contributed by atoms with E-state index >= 15 is 0 Å². The summed E-state index contributed by atoms with van der Waals surface area (Å²) < 4.78 is 315. The lowest BCUT2D eigenvalue weighted by atomic mass is 9.85. The van der Waals surface area contributed by atoms with Gasteiger partial charge in [-0.1, -0.05) is 0 Å². The van der Waals surface area contributed by atoms with Gasteiger partial charge in [-0.05, 0) is 13.8 Å². The van der Waals surface area contributed by atoms with Gasteiger partial charge in [-0.25, -0.2) is 4.79 Å². The Kier molecular flexibility index (Phi) is 12.6. The number of halogens is 23. The molecule has 0 aromatic heterocycles. The van der Waals surface area contributed by atoms with E-state index in [9.17, 15) is 111 Å². The highest BCUT2D eigenvalue weighted by Gasteiger charge is 2.99. The van der Waals surface area contributed by atoms with Gasteiger partial charge in [0.05, 0.1) is 26.7 Å². The Morgan fingerprint density at radius 1 is 0.540 bits per heavy atom. The first-order valence-electron chi connectivity index (χ1n) is 12.6. The number of quaternary nitrogens is 1. The van der Waals surface area contributed by atoms with Crippen LogP contribution in [0.15, 0.2) is 0 Å². The van der Waals surface area contributed by atoms with Gasteiger partial charge in [-0.15, -0.1) is 0 Å². The monoisotopic (exact) mass is 799 g/mol. The molecule has 0 saturated heterocycles. The molecular formula is C22H22F23N2O3+. The molecule has 0 heterocycles. The van der Waals surface area contributed by atoms with Gasteiger partial charge in [0.15, 0.2) is 6.54 Å². The Morgan fingerprint density at radius 3 is 1.14 bits per heavy atom. The second kappa shape index (κ2) is 13.4. The van der Waals surface area contributed by atoms with Gasteiger partial charge in [-0.2, -0.15) is 101 Å². The average Bonchev–Trinajstić information content (AvgIpc) is 2.88. The lowest BCUT2D eigenvalue weighted by molar-refractivity contribution is -0.883. The zero-order valence-electron chi connectivity index (χ0n) is 24.8. The number of likely N-dealkylation sites (N-methyl/N-ethyl adjacent to an activating group) is 1. The fourth-order valence-corrected chi connectivity index (χ4v) is 3.45. The molecular weight excluding hydrogens is 777 g/mol. The molecule has 0 aromatic rings. The summed E-state index contributed by atoms with van der Waals surface area (Å²) in [5.74, 6) is -94.3. The third-order valence-corrected chi connectivity index (χ3v) is 6.34. The molecule has 0 unspecified atom stereocenters. The summed E-state index contributed by atoms with van der Waals surface area (Å²) in [6, 6.07) is 0. The van der Waals surface area contributed by atoms with Crippen LogP contribution in [0.4, 0.5) is 101 Å². The van der Waals surface area contributed by atoms with Crippen molar-refractivity contribution in [1.29, 1.82) is 0 Å². The van der Waals surface area contributed by atoms with Crippen LogP contribution in [0, 0.1) is 0 Å². The van der Waals surface area contributed by atoms with Crippen LogP contribution in [0.3, 0.4) is 0 Å². The van der Waals surface area contributed by atoms with Crippen molar-refractivity contribution in [3.05, 3.63) is 0 Å². The Balaban J connectivity index is 6.57. The number of ether oxygens (including phenoxy) is 1. The molecule has 298 valence electrons. The number of nitrogens with one attached hydrogen (secondary N) is 1. The standard InChI is InChI=1S/C22H21F23N2O3/c1-9(2)50-10(48)8-47(3,4)7-5-6-46-11(49)12(23,24)13(25,26)14(27,28)15(29,30)16(31,32)17(33,34)18(35,36)19(37,38)20(39,40)21(41,42)22(43,44)45/h9H,5-8H2,1-4H3/p+1. The van der Waals surface area contributed by atoms with Gasteiger partial charge < -0.3 is 14.5 Å². The van der Waals surface area contributed by atoms with Crippen molar-refractivity contribution in [2.75, 3.05) is 33.7 Å². The highest BCUT2D eigenvalue weighted by atomic mass is 19.4. The van der Waals surface area contributed by atoms with Crippen LogP contribution < -0.4 is 5.32 Å². The summed E-state index contributed by atoms with van der Waals surface area (Å²) in [6.07, 6.45) is -9.47. The molecule has 0 spiro atoms. The summed E-state index contributed by atoms with van der Waals surface area (Å²) in [7, 11) is 2.46. The lowest BCUT2D eigenvalue weighted by Gasteiger charge is -2.45. The molecule has 0 saturated carbocycles. The molecule has 0 aliphatic carbocycles. The highest BCUT2D eigenvalue weighted by Crippen LogP contribution is 2.67. The zero-order chi connectivity index (χ0) is 41.0. The minimum atomic E-state index is -9.51. The predicted octanol–water partition coefficient (Wildman–Crippen LogP) is 7.44. The van der Waals surface area contributed by atoms with Crippen LogP contribution in [0.25, 0.3) is 0 Å². The first kappa shape index (κ1) is 47.3. The Hall–Kier alpha value is -2.71. The maximum absolute atomic E-state index is 14.1. The van der Waals surface area contributed by atoms with Crippen molar-refractivity contribution in [3.8, 4) is 0 Å². The fourth-order valence-electron chi connectivity index (χ4n) is 3.45. The second-order valence-corrected chi connectivity index (χ2v) is 11.2. The molecule has 0 aliphatic heterocycles. The maximum atomic E-state index is 14.1. The zero-order valence-corrected chi connectivity index (χ0v) is 24.8. The molecule has 5 nitrogen and oxygen atoms in total. The molecule has 1 N–H and O–H groups in total. The van der Waals surface area contributed by atoms with E-state index in [1.807, 2.05) is 0 Å². The number of alkyl halides is 23. The van der Waals surface area contributed by atoms with Gasteiger partial charge >= 0.3 is 71.4 Å². The maximum Gasteiger partial charge on any atom is 0.460 e. The van der Waals surface area contributed by atoms with E-state index in [0.717, 1.165) is 0 Å². The summed E-state index contributed by atoms with van der Waals surface area (Å²) >= 11 is 0. The van der Waals surface area contributed by atoms with E-state index in [-0.39, 0.29) is 0 Å². The summed E-state index contributed by atoms with van der Waals surface area (Å²) in [4.78, 5) is 23.2. The fraction of sp³-hybridized carbons (Fsp3) is 0.909. The molecule has 1 amide bonds. The normalized spacial score (nSPS) is 15.8. The van der Waals surface area contributed by atoms with Crippen molar-refractivity contribution in [2.24, 2.45) is 0 Å². The van der Waals surface area contributed by atoms with Gasteiger partial charge in [0.25, 0.3) is 5.91 Å². The summed E-state index contributed by atoms with van der Waals surface area (Å²) in [5, 5.41) is 0.692. The van der Waals surface area contributed by atoms with Crippen LogP contribution >= 0.6 is 0 Å². The van der Waals surface area contributed by atoms with Crippen LogP contribution in [-0.2, 0) is 14.3 Å². The first-order chi connectivity index (χ1) is 21.4. The SMILES string of the molecule is CC(C)OC(=O)C[N+](C)(C)CCCNC(=O)C(F)(F)C(F)(F)C(F)(F)C(F)(F)C(F)(F)C(F)(F)C(F)(F)C(F)(F)C(F)(F)C(F)(F)C(F)(F)F. The number of amides is 1. The van der Waals surface area contributed by atoms with Gasteiger partial charge in [0.2, 0.25) is 0 Å². The van der Waals surface area contributed by atoms with E-state index in [1.54, 1.807) is 0 Å². The lowest BCUT2D eigenvalue weighted by Crippen LogP contribution is -2.78. The van der Waals surface area contributed by atoms with Crippen LogP contribution in [0.5, 0.6) is 0 Å². The molecule has 0 atom stereocenters. The number of hydrogen-bond donors (Lipinski definition) is 1. The summed E-state index contributed by atoms with van der Waals surface area (Å²) in [6.45, 7) is 0.596. The van der Waals surface area contributed by atoms with Crippen LogP contribution in [-0.4, -0.2) is 122 Å². The number of rotatable bonds is 17. The van der Waals surface area contributed by atoms with Crippen molar-refractivity contribution >= 4 is 11.9 Å². The van der Waals surface area contributed by atoms with Crippen molar-refractivity contribution in [1.82, 2.24) is 5.32 Å². The third kappa shape index (κ3) is 7.30. The Labute approximate surface area is 263 Å². The number of carbonyl (C=O) groups excluding carboxylic acids is 2. The molecule has 0 fully saturated rings. The highest BCUT2D eigenvalue weighted by molar-refractivity contribution is 5.84. The summed E-state index contributed by atoms with van der Waals surface area (Å²) in [5.41, 5.74) is 0. The predicted molar refractivity (Wildman–Crippen MR) is 116 cm³/mol. The number of carbonyl (C=O) groups is 2. The minimum Gasteiger partial charge on any atom is -0.459 e. The Morgan fingerprint density at radius 2 is 0.840 bits per heavy atom.